The lowest BCUT2D eigenvalue weighted by Gasteiger charge is -2.32. The highest BCUT2D eigenvalue weighted by molar-refractivity contribution is 5.70. The van der Waals surface area contributed by atoms with E-state index in [1.165, 1.54) is 25.7 Å². The van der Waals surface area contributed by atoms with Crippen LogP contribution in [0, 0.1) is 5.41 Å². The highest BCUT2D eigenvalue weighted by atomic mass is 15.2. The average molecular weight is 229 g/mol. The van der Waals surface area contributed by atoms with Gasteiger partial charge in [0.1, 0.15) is 11.3 Å². The molecule has 0 atom stereocenters. The number of aromatic amines is 1. The minimum absolute atomic E-state index is 0.710. The van der Waals surface area contributed by atoms with Gasteiger partial charge in [0.15, 0.2) is 5.65 Å². The van der Waals surface area contributed by atoms with Crippen LogP contribution in [0.15, 0.2) is 12.4 Å². The van der Waals surface area contributed by atoms with Crippen molar-refractivity contribution in [3.05, 3.63) is 12.4 Å². The second-order valence-corrected chi connectivity index (χ2v) is 5.32. The molecule has 2 aromatic heterocycles. The van der Waals surface area contributed by atoms with Crippen LogP contribution >= 0.6 is 0 Å². The maximum atomic E-state index is 4.57. The van der Waals surface area contributed by atoms with Gasteiger partial charge in [-0.3, -0.25) is 5.10 Å². The van der Waals surface area contributed by atoms with Crippen LogP contribution in [0.4, 0.5) is 5.82 Å². The molecule has 5 nitrogen and oxygen atoms in total. The normalized spacial score (nSPS) is 22.2. The maximum Gasteiger partial charge on any atom is 0.176 e. The van der Waals surface area contributed by atoms with E-state index in [1.807, 2.05) is 6.20 Å². The monoisotopic (exact) mass is 229 g/mol. The number of rotatable bonds is 1. The fourth-order valence-electron chi connectivity index (χ4n) is 2.76. The summed E-state index contributed by atoms with van der Waals surface area (Å²) in [5, 5.41) is 6.83. The predicted molar refractivity (Wildman–Crippen MR) is 64.8 cm³/mol. The fourth-order valence-corrected chi connectivity index (χ4v) is 2.76. The molecule has 1 aliphatic heterocycles. The molecule has 0 radical (unpaired) electrons. The van der Waals surface area contributed by atoms with Crippen LogP contribution in [0.5, 0.6) is 0 Å². The molecule has 17 heavy (non-hydrogen) atoms. The lowest BCUT2D eigenvalue weighted by atomic mass is 9.94. The van der Waals surface area contributed by atoms with Crippen molar-refractivity contribution in [3.63, 3.8) is 0 Å². The molecule has 0 amide bonds. The highest BCUT2D eigenvalue weighted by Crippen LogP contribution is 2.53. The molecular formula is C12H15N5. The highest BCUT2D eigenvalue weighted by Gasteiger charge is 2.44. The lowest BCUT2D eigenvalue weighted by Crippen LogP contribution is -2.35. The van der Waals surface area contributed by atoms with Crippen LogP contribution in [0.25, 0.3) is 11.2 Å². The van der Waals surface area contributed by atoms with Gasteiger partial charge in [-0.05, 0) is 31.1 Å². The Kier molecular flexibility index (Phi) is 1.76. The summed E-state index contributed by atoms with van der Waals surface area (Å²) < 4.78 is 0. The third-order valence-electron chi connectivity index (χ3n) is 4.25. The molecule has 4 rings (SSSR count). The minimum atomic E-state index is 0.710. The van der Waals surface area contributed by atoms with Gasteiger partial charge in [-0.25, -0.2) is 9.97 Å². The summed E-state index contributed by atoms with van der Waals surface area (Å²) in [6, 6.07) is 0. The molecule has 2 aromatic rings. The van der Waals surface area contributed by atoms with Crippen molar-refractivity contribution in [1.82, 2.24) is 20.2 Å². The van der Waals surface area contributed by atoms with Crippen LogP contribution in [-0.2, 0) is 0 Å². The summed E-state index contributed by atoms with van der Waals surface area (Å²) in [7, 11) is 0. The van der Waals surface area contributed by atoms with E-state index in [0.717, 1.165) is 30.1 Å². The zero-order chi connectivity index (χ0) is 11.3. The molecule has 2 fully saturated rings. The first-order chi connectivity index (χ1) is 8.35. The van der Waals surface area contributed by atoms with E-state index in [-0.39, 0.29) is 0 Å². The topological polar surface area (TPSA) is 57.7 Å². The molecule has 5 heteroatoms. The molecule has 1 aliphatic carbocycles. The van der Waals surface area contributed by atoms with Gasteiger partial charge in [-0.15, -0.1) is 0 Å². The van der Waals surface area contributed by atoms with Crippen molar-refractivity contribution in [2.24, 2.45) is 5.41 Å². The number of nitrogens with one attached hydrogen (secondary N) is 1. The number of hydrogen-bond acceptors (Lipinski definition) is 4. The van der Waals surface area contributed by atoms with E-state index < -0.39 is 0 Å². The maximum absolute atomic E-state index is 4.57. The smallest absolute Gasteiger partial charge is 0.176 e. The Morgan fingerprint density at radius 1 is 1.12 bits per heavy atom. The SMILES string of the molecule is c1nc2cn[nH]c2nc1N1CCC2(CC1)CC2. The molecule has 1 spiro atoms. The van der Waals surface area contributed by atoms with Crippen LogP contribution in [0.1, 0.15) is 25.7 Å². The van der Waals surface area contributed by atoms with Crippen LogP contribution in [0.2, 0.25) is 0 Å². The van der Waals surface area contributed by atoms with Crippen molar-refractivity contribution in [1.29, 1.82) is 0 Å². The number of nitrogens with zero attached hydrogens (tertiary/aromatic N) is 4. The van der Waals surface area contributed by atoms with Crippen LogP contribution in [-0.4, -0.2) is 33.3 Å². The van der Waals surface area contributed by atoms with Crippen LogP contribution < -0.4 is 4.90 Å². The fraction of sp³-hybridized carbons (Fsp3) is 0.583. The second kappa shape index (κ2) is 3.18. The molecule has 88 valence electrons. The van der Waals surface area contributed by atoms with Gasteiger partial charge in [0.25, 0.3) is 0 Å². The standard InChI is InChI=1S/C12H15N5/c1-2-12(1)3-5-17(6-4-12)10-8-13-9-7-14-16-11(9)15-10/h7-8H,1-6H2,(H,14,15,16). The van der Waals surface area contributed by atoms with E-state index in [9.17, 15) is 0 Å². The number of anilines is 1. The average Bonchev–Trinajstić information content (AvgIpc) is 2.95. The first-order valence-corrected chi connectivity index (χ1v) is 6.26. The quantitative estimate of drug-likeness (QED) is 0.809. The van der Waals surface area contributed by atoms with Gasteiger partial charge < -0.3 is 4.90 Å². The van der Waals surface area contributed by atoms with Gasteiger partial charge >= 0.3 is 0 Å². The Morgan fingerprint density at radius 2 is 1.94 bits per heavy atom. The molecule has 0 unspecified atom stereocenters. The van der Waals surface area contributed by atoms with E-state index in [1.54, 1.807) is 6.20 Å². The summed E-state index contributed by atoms with van der Waals surface area (Å²) in [6.07, 6.45) is 9.08. The van der Waals surface area contributed by atoms with Crippen LogP contribution in [0.3, 0.4) is 0 Å². The van der Waals surface area contributed by atoms with Crippen molar-refractivity contribution in [2.45, 2.75) is 25.7 Å². The Bertz CT molecular complexity index is 547. The minimum Gasteiger partial charge on any atom is -0.355 e. The first kappa shape index (κ1) is 9.39. The van der Waals surface area contributed by atoms with Gasteiger partial charge in [0.2, 0.25) is 0 Å². The molecular weight excluding hydrogens is 214 g/mol. The largest absolute Gasteiger partial charge is 0.355 e. The second-order valence-electron chi connectivity index (χ2n) is 5.32. The van der Waals surface area contributed by atoms with Gasteiger partial charge in [-0.2, -0.15) is 5.10 Å². The zero-order valence-electron chi connectivity index (χ0n) is 9.69. The van der Waals surface area contributed by atoms with E-state index in [4.69, 9.17) is 0 Å². The van der Waals surface area contributed by atoms with E-state index >= 15 is 0 Å². The van der Waals surface area contributed by atoms with Gasteiger partial charge in [0, 0.05) is 13.1 Å². The number of aromatic nitrogens is 4. The first-order valence-electron chi connectivity index (χ1n) is 6.26. The molecule has 1 saturated heterocycles. The number of piperidine rings is 1. The zero-order valence-corrected chi connectivity index (χ0v) is 9.69. The van der Waals surface area contributed by atoms with Gasteiger partial charge in [0.05, 0.1) is 12.4 Å². The number of H-pyrrole nitrogens is 1. The number of hydrogen-bond donors (Lipinski definition) is 1. The molecule has 2 aliphatic rings. The summed E-state index contributed by atoms with van der Waals surface area (Å²) in [5.41, 5.74) is 2.33. The molecule has 3 heterocycles. The van der Waals surface area contributed by atoms with Crippen molar-refractivity contribution in [3.8, 4) is 0 Å². The summed E-state index contributed by atoms with van der Waals surface area (Å²) in [5.74, 6) is 0.984. The van der Waals surface area contributed by atoms with Crippen molar-refractivity contribution < 1.29 is 0 Å². The van der Waals surface area contributed by atoms with Crippen molar-refractivity contribution in [2.75, 3.05) is 18.0 Å². The molecule has 0 aromatic carbocycles. The molecule has 1 N–H and O–H groups in total. The Balaban J connectivity index is 1.61. The predicted octanol–water partition coefficient (Wildman–Crippen LogP) is 1.73. The third-order valence-corrected chi connectivity index (χ3v) is 4.25. The van der Waals surface area contributed by atoms with E-state index in [0.29, 0.717) is 5.41 Å². The lowest BCUT2D eigenvalue weighted by molar-refractivity contribution is 0.383. The Labute approximate surface area is 99.3 Å². The van der Waals surface area contributed by atoms with Crippen molar-refractivity contribution >= 4 is 17.0 Å². The Hall–Kier alpha value is -1.65. The third kappa shape index (κ3) is 1.49. The Morgan fingerprint density at radius 3 is 2.71 bits per heavy atom. The number of fused-ring (bicyclic) bond motifs is 1. The summed E-state index contributed by atoms with van der Waals surface area (Å²) >= 11 is 0. The summed E-state index contributed by atoms with van der Waals surface area (Å²) in [4.78, 5) is 11.3. The van der Waals surface area contributed by atoms with E-state index in [2.05, 4.69) is 25.1 Å². The van der Waals surface area contributed by atoms with Gasteiger partial charge in [-0.1, -0.05) is 0 Å². The molecule has 0 bridgehead atoms. The molecule has 1 saturated carbocycles. The summed E-state index contributed by atoms with van der Waals surface area (Å²) in [6.45, 7) is 2.24.